The van der Waals surface area contributed by atoms with Gasteiger partial charge in [0.2, 0.25) is 0 Å². The van der Waals surface area contributed by atoms with Crippen molar-refractivity contribution in [1.29, 1.82) is 0 Å². The van der Waals surface area contributed by atoms with Gasteiger partial charge in [-0.25, -0.2) is 9.97 Å². The standard InChI is InChI=1S/C21H25N5O2/c1-25-14-24-19-18(8-9-22-20(19)25)21(28)23-11-15-5-2-3-6-16(15)12-26-10-4-7-17(26)13-27/h2-3,5-6,8-9,14,17,27H,4,7,10-13H2,1H3,(H,23,28). The van der Waals surface area contributed by atoms with Crippen LogP contribution in [0.1, 0.15) is 34.3 Å². The summed E-state index contributed by atoms with van der Waals surface area (Å²) in [6.07, 6.45) is 5.45. The molecule has 0 aliphatic carbocycles. The SMILES string of the molecule is Cn1cnc2c(C(=O)NCc3ccccc3CN3CCCC3CO)ccnc21. The Morgan fingerprint density at radius 2 is 2.07 bits per heavy atom. The van der Waals surface area contributed by atoms with Gasteiger partial charge in [0.05, 0.1) is 18.5 Å². The lowest BCUT2D eigenvalue weighted by Crippen LogP contribution is -2.32. The molecule has 3 aromatic rings. The Morgan fingerprint density at radius 1 is 1.25 bits per heavy atom. The Balaban J connectivity index is 1.48. The van der Waals surface area contributed by atoms with E-state index in [1.807, 2.05) is 25.2 Å². The lowest BCUT2D eigenvalue weighted by atomic mass is 10.1. The zero-order valence-electron chi connectivity index (χ0n) is 16.0. The number of aromatic nitrogens is 3. The lowest BCUT2D eigenvalue weighted by molar-refractivity contribution is 0.0952. The number of hydrogen-bond donors (Lipinski definition) is 2. The summed E-state index contributed by atoms with van der Waals surface area (Å²) in [6.45, 7) is 2.43. The third-order valence-electron chi connectivity index (χ3n) is 5.48. The first kappa shape index (κ1) is 18.6. The van der Waals surface area contributed by atoms with Crippen LogP contribution < -0.4 is 5.32 Å². The van der Waals surface area contributed by atoms with Gasteiger partial charge in [-0.2, -0.15) is 0 Å². The van der Waals surface area contributed by atoms with Gasteiger partial charge < -0.3 is 15.0 Å². The van der Waals surface area contributed by atoms with Crippen molar-refractivity contribution in [2.45, 2.75) is 32.0 Å². The van der Waals surface area contributed by atoms with Crippen molar-refractivity contribution in [2.75, 3.05) is 13.2 Å². The number of amides is 1. The third-order valence-corrected chi connectivity index (χ3v) is 5.48. The van der Waals surface area contributed by atoms with E-state index in [-0.39, 0.29) is 18.6 Å². The molecule has 1 aliphatic rings. The average Bonchev–Trinajstić information content (AvgIpc) is 3.33. The first-order chi connectivity index (χ1) is 13.7. The quantitative estimate of drug-likeness (QED) is 0.683. The number of carbonyl (C=O) groups excluding carboxylic acids is 1. The summed E-state index contributed by atoms with van der Waals surface area (Å²) < 4.78 is 1.80. The maximum Gasteiger partial charge on any atom is 0.253 e. The number of rotatable bonds is 6. The topological polar surface area (TPSA) is 83.3 Å². The number of benzene rings is 1. The first-order valence-electron chi connectivity index (χ1n) is 9.63. The van der Waals surface area contributed by atoms with Gasteiger partial charge in [-0.05, 0) is 36.6 Å². The molecule has 7 nitrogen and oxygen atoms in total. The number of nitrogens with one attached hydrogen (secondary N) is 1. The fourth-order valence-corrected chi connectivity index (χ4v) is 3.89. The van der Waals surface area contributed by atoms with E-state index in [0.717, 1.165) is 31.5 Å². The molecule has 4 rings (SSSR count). The second kappa shape index (κ2) is 8.08. The minimum Gasteiger partial charge on any atom is -0.395 e. The molecule has 0 bridgehead atoms. The van der Waals surface area contributed by atoms with Crippen LogP contribution in [0.3, 0.4) is 0 Å². The molecule has 1 unspecified atom stereocenters. The molecule has 1 saturated heterocycles. The van der Waals surface area contributed by atoms with Crippen molar-refractivity contribution in [3.8, 4) is 0 Å². The van der Waals surface area contributed by atoms with Crippen molar-refractivity contribution in [1.82, 2.24) is 24.8 Å². The number of carbonyl (C=O) groups is 1. The predicted octanol–water partition coefficient (Wildman–Crippen LogP) is 1.85. The summed E-state index contributed by atoms with van der Waals surface area (Å²) in [5.74, 6) is -0.157. The molecule has 1 amide bonds. The molecule has 1 aromatic carbocycles. The molecule has 1 aliphatic heterocycles. The van der Waals surface area contributed by atoms with Gasteiger partial charge in [0.1, 0.15) is 5.52 Å². The van der Waals surface area contributed by atoms with Gasteiger partial charge in [0.25, 0.3) is 5.91 Å². The molecule has 3 heterocycles. The summed E-state index contributed by atoms with van der Waals surface area (Å²) in [5.41, 5.74) is 4.10. The monoisotopic (exact) mass is 379 g/mol. The van der Waals surface area contributed by atoms with Gasteiger partial charge in [-0.15, -0.1) is 0 Å². The highest BCUT2D eigenvalue weighted by Gasteiger charge is 2.24. The Hall–Kier alpha value is -2.77. The van der Waals surface area contributed by atoms with E-state index < -0.39 is 0 Å². The van der Waals surface area contributed by atoms with Crippen molar-refractivity contribution >= 4 is 17.1 Å². The molecule has 0 radical (unpaired) electrons. The second-order valence-electron chi connectivity index (χ2n) is 7.29. The van der Waals surface area contributed by atoms with Crippen molar-refractivity contribution in [3.05, 3.63) is 59.5 Å². The van der Waals surface area contributed by atoms with Gasteiger partial charge in [0, 0.05) is 32.4 Å². The molecule has 2 N–H and O–H groups in total. The van der Waals surface area contributed by atoms with Crippen LogP contribution in [0.15, 0.2) is 42.9 Å². The number of pyridine rings is 1. The smallest absolute Gasteiger partial charge is 0.253 e. The molecule has 28 heavy (non-hydrogen) atoms. The highest BCUT2D eigenvalue weighted by Crippen LogP contribution is 2.21. The highest BCUT2D eigenvalue weighted by molar-refractivity contribution is 6.03. The Morgan fingerprint density at radius 3 is 2.89 bits per heavy atom. The van der Waals surface area contributed by atoms with Crippen LogP contribution in [-0.4, -0.2) is 49.6 Å². The van der Waals surface area contributed by atoms with Crippen LogP contribution in [0.2, 0.25) is 0 Å². The number of imidazole rings is 1. The Bertz CT molecular complexity index is 984. The van der Waals surface area contributed by atoms with E-state index in [1.165, 1.54) is 5.56 Å². The molecule has 0 saturated carbocycles. The molecule has 146 valence electrons. The fourth-order valence-electron chi connectivity index (χ4n) is 3.89. The second-order valence-corrected chi connectivity index (χ2v) is 7.29. The molecule has 1 fully saturated rings. The summed E-state index contributed by atoms with van der Waals surface area (Å²) in [4.78, 5) is 23.7. The maximum absolute atomic E-state index is 12.8. The van der Waals surface area contributed by atoms with E-state index in [0.29, 0.717) is 23.3 Å². The van der Waals surface area contributed by atoms with E-state index in [4.69, 9.17) is 0 Å². The summed E-state index contributed by atoms with van der Waals surface area (Å²) in [6, 6.07) is 10.1. The molecule has 1 atom stereocenters. The number of aliphatic hydroxyl groups excluding tert-OH is 1. The molecule has 0 spiro atoms. The number of fused-ring (bicyclic) bond motifs is 1. The molecular weight excluding hydrogens is 354 g/mol. The molecular formula is C21H25N5O2. The number of likely N-dealkylation sites (tertiary alicyclic amines) is 1. The third kappa shape index (κ3) is 3.63. The average molecular weight is 379 g/mol. The van der Waals surface area contributed by atoms with Gasteiger partial charge in [0.15, 0.2) is 5.65 Å². The van der Waals surface area contributed by atoms with Crippen molar-refractivity contribution < 1.29 is 9.90 Å². The van der Waals surface area contributed by atoms with Gasteiger partial charge in [-0.1, -0.05) is 24.3 Å². The Labute approximate surface area is 164 Å². The minimum absolute atomic E-state index is 0.157. The zero-order valence-corrected chi connectivity index (χ0v) is 16.0. The largest absolute Gasteiger partial charge is 0.395 e. The summed E-state index contributed by atoms with van der Waals surface area (Å²) in [5, 5.41) is 12.6. The van der Waals surface area contributed by atoms with Gasteiger partial charge >= 0.3 is 0 Å². The number of nitrogens with zero attached hydrogens (tertiary/aromatic N) is 4. The van der Waals surface area contributed by atoms with Gasteiger partial charge in [-0.3, -0.25) is 9.69 Å². The van der Waals surface area contributed by atoms with E-state index in [2.05, 4.69) is 26.3 Å². The van der Waals surface area contributed by atoms with Crippen LogP contribution in [0.4, 0.5) is 0 Å². The van der Waals surface area contributed by atoms with Crippen LogP contribution in [0.5, 0.6) is 0 Å². The molecule has 2 aromatic heterocycles. The van der Waals surface area contributed by atoms with Crippen molar-refractivity contribution in [2.24, 2.45) is 7.05 Å². The maximum atomic E-state index is 12.8. The van der Waals surface area contributed by atoms with Crippen LogP contribution in [0, 0.1) is 0 Å². The highest BCUT2D eigenvalue weighted by atomic mass is 16.3. The zero-order chi connectivity index (χ0) is 19.5. The van der Waals surface area contributed by atoms with E-state index in [1.54, 1.807) is 23.2 Å². The number of aryl methyl sites for hydroxylation is 1. The van der Waals surface area contributed by atoms with Crippen molar-refractivity contribution in [3.63, 3.8) is 0 Å². The summed E-state index contributed by atoms with van der Waals surface area (Å²) >= 11 is 0. The van der Waals surface area contributed by atoms with E-state index in [9.17, 15) is 9.90 Å². The van der Waals surface area contributed by atoms with E-state index >= 15 is 0 Å². The minimum atomic E-state index is -0.157. The Kier molecular flexibility index (Phi) is 5.36. The molecule has 7 heteroatoms. The van der Waals surface area contributed by atoms with Crippen LogP contribution in [0.25, 0.3) is 11.2 Å². The number of hydrogen-bond acceptors (Lipinski definition) is 5. The number of aliphatic hydroxyl groups is 1. The van der Waals surface area contributed by atoms with Crippen LogP contribution >= 0.6 is 0 Å². The normalized spacial score (nSPS) is 17.3. The first-order valence-corrected chi connectivity index (χ1v) is 9.63. The van der Waals surface area contributed by atoms with Crippen LogP contribution in [-0.2, 0) is 20.1 Å². The fraction of sp³-hybridized carbons (Fsp3) is 0.381. The summed E-state index contributed by atoms with van der Waals surface area (Å²) in [7, 11) is 1.86. The predicted molar refractivity (Wildman–Crippen MR) is 107 cm³/mol. The lowest BCUT2D eigenvalue weighted by Gasteiger charge is -2.24.